The van der Waals surface area contributed by atoms with E-state index in [-0.39, 0.29) is 22.3 Å². The molecule has 1 aliphatic heterocycles. The van der Waals surface area contributed by atoms with Crippen LogP contribution in [0.25, 0.3) is 5.69 Å². The maximum absolute atomic E-state index is 13.1. The quantitative estimate of drug-likeness (QED) is 0.555. The van der Waals surface area contributed by atoms with Crippen LogP contribution in [0.4, 0.5) is 10.1 Å². The molecule has 1 saturated heterocycles. The van der Waals surface area contributed by atoms with Crippen molar-refractivity contribution in [2.45, 2.75) is 6.54 Å². The number of piperazine rings is 1. The Labute approximate surface area is 196 Å². The number of para-hydroxylation sites is 1. The zero-order valence-electron chi connectivity index (χ0n) is 18.3. The van der Waals surface area contributed by atoms with Gasteiger partial charge in [-0.3, -0.25) is 14.5 Å². The largest absolute Gasteiger partial charge is 0.366 e. The average Bonchev–Trinajstić information content (AvgIpc) is 2.83. The summed E-state index contributed by atoms with van der Waals surface area (Å²) in [5.41, 5.74) is 1.78. The van der Waals surface area contributed by atoms with Crippen molar-refractivity contribution in [3.63, 3.8) is 0 Å². The molecular formula is C24H25ClFN5O2. The molecule has 1 fully saturated rings. The molecule has 3 aromatic rings. The van der Waals surface area contributed by atoms with E-state index in [1.807, 2.05) is 23.1 Å². The molecule has 1 amide bonds. The van der Waals surface area contributed by atoms with Crippen LogP contribution in [0.15, 0.2) is 65.6 Å². The Kier molecular flexibility index (Phi) is 7.05. The first kappa shape index (κ1) is 22.9. The smallest absolute Gasteiger partial charge is 0.292 e. The number of hydrogen-bond donors (Lipinski definition) is 0. The molecule has 0 atom stereocenters. The van der Waals surface area contributed by atoms with Gasteiger partial charge in [-0.1, -0.05) is 41.9 Å². The summed E-state index contributed by atoms with van der Waals surface area (Å²) in [6.07, 6.45) is 1.62. The molecule has 7 nitrogen and oxygen atoms in total. The molecule has 0 unspecified atom stereocenters. The lowest BCUT2D eigenvalue weighted by molar-refractivity contribution is -0.131. The average molecular weight is 470 g/mol. The van der Waals surface area contributed by atoms with Crippen LogP contribution in [0, 0.1) is 5.82 Å². The molecule has 33 heavy (non-hydrogen) atoms. The molecule has 4 rings (SSSR count). The van der Waals surface area contributed by atoms with Gasteiger partial charge in [0.25, 0.3) is 5.56 Å². The number of carbonyl (C=O) groups excluding carboxylic acids is 1. The molecule has 0 N–H and O–H groups in total. The fourth-order valence-electron chi connectivity index (χ4n) is 3.81. The summed E-state index contributed by atoms with van der Waals surface area (Å²) in [6, 6.07) is 15.3. The van der Waals surface area contributed by atoms with E-state index >= 15 is 0 Å². The molecule has 2 heterocycles. The number of likely N-dealkylation sites (N-methyl/N-ethyl adjacent to an activating group) is 1. The zero-order chi connectivity index (χ0) is 23.4. The summed E-state index contributed by atoms with van der Waals surface area (Å²) in [7, 11) is 1.75. The highest BCUT2D eigenvalue weighted by atomic mass is 35.5. The number of benzene rings is 2. The fraction of sp³-hybridized carbons (Fsp3) is 0.292. The van der Waals surface area contributed by atoms with E-state index in [4.69, 9.17) is 11.6 Å². The number of nitrogens with zero attached hydrogens (tertiary/aromatic N) is 5. The van der Waals surface area contributed by atoms with Gasteiger partial charge in [0.2, 0.25) is 5.91 Å². The van der Waals surface area contributed by atoms with E-state index in [9.17, 15) is 14.0 Å². The summed E-state index contributed by atoms with van der Waals surface area (Å²) in [5.74, 6) is -0.295. The Balaban J connectivity index is 1.34. The maximum atomic E-state index is 13.1. The van der Waals surface area contributed by atoms with Gasteiger partial charge in [-0.15, -0.1) is 0 Å². The van der Waals surface area contributed by atoms with Crippen LogP contribution < -0.4 is 10.5 Å². The van der Waals surface area contributed by atoms with Crippen LogP contribution in [0.1, 0.15) is 5.56 Å². The molecule has 1 aliphatic rings. The molecule has 0 bridgehead atoms. The Hall–Kier alpha value is -3.23. The third-order valence-corrected chi connectivity index (χ3v) is 6.09. The first-order valence-corrected chi connectivity index (χ1v) is 11.1. The molecule has 0 spiro atoms. The highest BCUT2D eigenvalue weighted by Gasteiger charge is 2.23. The van der Waals surface area contributed by atoms with Crippen LogP contribution in [0.3, 0.4) is 0 Å². The van der Waals surface area contributed by atoms with Gasteiger partial charge in [0.1, 0.15) is 10.8 Å². The SMILES string of the molecule is CN(Cc1ccc(F)cc1)C(=O)CN1CCN(c2cnn(-c3ccccc3)c(=O)c2Cl)CC1. The number of anilines is 1. The van der Waals surface area contributed by atoms with Crippen molar-refractivity contribution in [3.8, 4) is 5.69 Å². The van der Waals surface area contributed by atoms with E-state index in [0.717, 1.165) is 5.56 Å². The highest BCUT2D eigenvalue weighted by molar-refractivity contribution is 6.33. The second kappa shape index (κ2) is 10.1. The normalized spacial score (nSPS) is 14.3. The van der Waals surface area contributed by atoms with Gasteiger partial charge in [0.15, 0.2) is 0 Å². The van der Waals surface area contributed by atoms with Crippen molar-refractivity contribution in [3.05, 3.63) is 87.6 Å². The number of amides is 1. The third-order valence-electron chi connectivity index (χ3n) is 5.73. The summed E-state index contributed by atoms with van der Waals surface area (Å²) < 4.78 is 14.4. The van der Waals surface area contributed by atoms with Gasteiger partial charge in [-0.25, -0.2) is 4.39 Å². The van der Waals surface area contributed by atoms with E-state index < -0.39 is 0 Å². The van der Waals surface area contributed by atoms with Crippen LogP contribution in [0.5, 0.6) is 0 Å². The van der Waals surface area contributed by atoms with E-state index in [2.05, 4.69) is 10.00 Å². The number of hydrogen-bond acceptors (Lipinski definition) is 5. The van der Waals surface area contributed by atoms with Crippen molar-refractivity contribution >= 4 is 23.2 Å². The van der Waals surface area contributed by atoms with Gasteiger partial charge in [-0.2, -0.15) is 9.78 Å². The Morgan fingerprint density at radius 2 is 1.73 bits per heavy atom. The van der Waals surface area contributed by atoms with Crippen LogP contribution in [-0.2, 0) is 11.3 Å². The molecule has 2 aromatic carbocycles. The first-order valence-electron chi connectivity index (χ1n) is 10.7. The summed E-state index contributed by atoms with van der Waals surface area (Å²) >= 11 is 6.42. The Morgan fingerprint density at radius 1 is 1.06 bits per heavy atom. The Bertz CT molecular complexity index is 1160. The molecule has 1 aromatic heterocycles. The van der Waals surface area contributed by atoms with Crippen LogP contribution in [-0.4, -0.2) is 65.3 Å². The van der Waals surface area contributed by atoms with Crippen LogP contribution in [0.2, 0.25) is 5.02 Å². The minimum atomic E-state index is -0.361. The standard InChI is InChI=1S/C24H25ClFN5O2/c1-28(16-18-7-9-19(26)10-8-18)22(32)17-29-11-13-30(14-12-29)21-15-27-31(24(33)23(21)25)20-5-3-2-4-6-20/h2-10,15H,11-14,16-17H2,1H3. The predicted molar refractivity (Wildman–Crippen MR) is 126 cm³/mol. The van der Waals surface area contributed by atoms with E-state index in [0.29, 0.717) is 50.6 Å². The Morgan fingerprint density at radius 3 is 2.39 bits per heavy atom. The maximum Gasteiger partial charge on any atom is 0.292 e. The van der Waals surface area contributed by atoms with Crippen molar-refractivity contribution in [2.24, 2.45) is 0 Å². The number of halogens is 2. The monoisotopic (exact) mass is 469 g/mol. The summed E-state index contributed by atoms with van der Waals surface area (Å²) in [6.45, 7) is 3.31. The van der Waals surface area contributed by atoms with E-state index in [1.54, 1.807) is 42.4 Å². The fourth-order valence-corrected chi connectivity index (χ4v) is 4.06. The number of carbonyl (C=O) groups is 1. The summed E-state index contributed by atoms with van der Waals surface area (Å²) in [5, 5.41) is 4.44. The van der Waals surface area contributed by atoms with Gasteiger partial charge in [0, 0.05) is 39.8 Å². The van der Waals surface area contributed by atoms with E-state index in [1.165, 1.54) is 16.8 Å². The molecule has 172 valence electrons. The predicted octanol–water partition coefficient (Wildman–Crippen LogP) is 2.81. The second-order valence-corrected chi connectivity index (χ2v) is 8.41. The van der Waals surface area contributed by atoms with Crippen LogP contribution >= 0.6 is 11.6 Å². The van der Waals surface area contributed by atoms with Crippen molar-refractivity contribution in [1.82, 2.24) is 19.6 Å². The van der Waals surface area contributed by atoms with Crippen molar-refractivity contribution in [1.29, 1.82) is 0 Å². The van der Waals surface area contributed by atoms with Gasteiger partial charge in [-0.05, 0) is 29.8 Å². The topological polar surface area (TPSA) is 61.7 Å². The molecule has 9 heteroatoms. The van der Waals surface area contributed by atoms with Gasteiger partial charge >= 0.3 is 0 Å². The zero-order valence-corrected chi connectivity index (χ0v) is 19.1. The second-order valence-electron chi connectivity index (χ2n) is 8.04. The number of aromatic nitrogens is 2. The van der Waals surface area contributed by atoms with Crippen molar-refractivity contribution in [2.75, 3.05) is 44.7 Å². The summed E-state index contributed by atoms with van der Waals surface area (Å²) in [4.78, 5) is 31.1. The molecular weight excluding hydrogens is 445 g/mol. The lowest BCUT2D eigenvalue weighted by atomic mass is 10.2. The molecule has 0 aliphatic carbocycles. The first-order chi connectivity index (χ1) is 15.9. The number of rotatable bonds is 6. The van der Waals surface area contributed by atoms with Gasteiger partial charge in [0.05, 0.1) is 24.1 Å². The highest BCUT2D eigenvalue weighted by Crippen LogP contribution is 2.23. The minimum absolute atomic E-state index is 0.00191. The van der Waals surface area contributed by atoms with Gasteiger partial charge < -0.3 is 9.80 Å². The lowest BCUT2D eigenvalue weighted by Gasteiger charge is -2.36. The molecule has 0 saturated carbocycles. The third kappa shape index (κ3) is 5.40. The van der Waals surface area contributed by atoms with Crippen molar-refractivity contribution < 1.29 is 9.18 Å². The lowest BCUT2D eigenvalue weighted by Crippen LogP contribution is -2.50. The molecule has 0 radical (unpaired) electrons. The minimum Gasteiger partial charge on any atom is -0.366 e.